The van der Waals surface area contributed by atoms with Crippen molar-refractivity contribution in [1.82, 2.24) is 14.7 Å². The molecule has 1 fully saturated rings. The van der Waals surface area contributed by atoms with Crippen LogP contribution in [0.25, 0.3) is 11.3 Å². The highest BCUT2D eigenvalue weighted by molar-refractivity contribution is 9.10. The Hall–Kier alpha value is -1.38. The van der Waals surface area contributed by atoms with E-state index in [9.17, 15) is 8.42 Å². The standard InChI is InChI=1S/C16H20BrN3O3S/c1-19-16(14(17)12-18-19)13-4-2-3-5-15(13)23-9-6-20-7-10-24(21,22)11-8-20/h2-5,12H,6-11H2,1H3. The Bertz CT molecular complexity index is 786. The Morgan fingerprint density at radius 2 is 1.96 bits per heavy atom. The third-order valence-electron chi connectivity index (χ3n) is 4.14. The second-order valence-electron chi connectivity index (χ2n) is 5.80. The van der Waals surface area contributed by atoms with Crippen LogP contribution in [0.2, 0.25) is 0 Å². The third kappa shape index (κ3) is 3.99. The number of halogens is 1. The predicted molar refractivity (Wildman–Crippen MR) is 96.9 cm³/mol. The third-order valence-corrected chi connectivity index (χ3v) is 6.33. The molecule has 8 heteroatoms. The topological polar surface area (TPSA) is 64.4 Å². The lowest BCUT2D eigenvalue weighted by Crippen LogP contribution is -2.42. The lowest BCUT2D eigenvalue weighted by Gasteiger charge is -2.26. The maximum absolute atomic E-state index is 11.5. The Balaban J connectivity index is 1.65. The number of sulfone groups is 1. The van der Waals surface area contributed by atoms with Crippen molar-refractivity contribution in [2.75, 3.05) is 37.7 Å². The first-order valence-corrected chi connectivity index (χ1v) is 10.4. The molecule has 0 spiro atoms. The van der Waals surface area contributed by atoms with Gasteiger partial charge in [-0.05, 0) is 28.1 Å². The molecule has 2 aromatic rings. The summed E-state index contributed by atoms with van der Waals surface area (Å²) in [5.74, 6) is 1.28. The summed E-state index contributed by atoms with van der Waals surface area (Å²) in [6, 6.07) is 7.85. The van der Waals surface area contributed by atoms with Crippen molar-refractivity contribution in [3.05, 3.63) is 34.9 Å². The van der Waals surface area contributed by atoms with Crippen LogP contribution in [0.5, 0.6) is 5.75 Å². The van der Waals surface area contributed by atoms with Crippen molar-refractivity contribution in [2.45, 2.75) is 0 Å². The first-order chi connectivity index (χ1) is 11.5. The molecule has 130 valence electrons. The number of para-hydroxylation sites is 1. The fourth-order valence-corrected chi connectivity index (χ4v) is 4.60. The van der Waals surface area contributed by atoms with Gasteiger partial charge in [0.2, 0.25) is 0 Å². The molecule has 0 bridgehead atoms. The summed E-state index contributed by atoms with van der Waals surface area (Å²) in [6.07, 6.45) is 1.76. The summed E-state index contributed by atoms with van der Waals surface area (Å²) in [5, 5.41) is 4.25. The van der Waals surface area contributed by atoms with Gasteiger partial charge in [0, 0.05) is 32.2 Å². The van der Waals surface area contributed by atoms with Gasteiger partial charge in [0.1, 0.15) is 12.4 Å². The Kier molecular flexibility index (Phi) is 5.27. The van der Waals surface area contributed by atoms with Gasteiger partial charge in [-0.1, -0.05) is 12.1 Å². The van der Waals surface area contributed by atoms with E-state index in [2.05, 4.69) is 25.9 Å². The fraction of sp³-hybridized carbons (Fsp3) is 0.438. The van der Waals surface area contributed by atoms with Gasteiger partial charge in [0.05, 0.1) is 27.9 Å². The molecule has 0 saturated carbocycles. The van der Waals surface area contributed by atoms with Crippen LogP contribution < -0.4 is 4.74 Å². The summed E-state index contributed by atoms with van der Waals surface area (Å²) in [6.45, 7) is 2.41. The van der Waals surface area contributed by atoms with Gasteiger partial charge >= 0.3 is 0 Å². The number of aryl methyl sites for hydroxylation is 1. The first-order valence-electron chi connectivity index (χ1n) is 7.79. The van der Waals surface area contributed by atoms with E-state index in [1.807, 2.05) is 36.0 Å². The molecule has 0 atom stereocenters. The Morgan fingerprint density at radius 3 is 2.62 bits per heavy atom. The van der Waals surface area contributed by atoms with Gasteiger partial charge in [0.25, 0.3) is 0 Å². The maximum atomic E-state index is 11.5. The van der Waals surface area contributed by atoms with E-state index in [1.54, 1.807) is 6.20 Å². The summed E-state index contributed by atoms with van der Waals surface area (Å²) in [5.41, 5.74) is 1.94. The second-order valence-corrected chi connectivity index (χ2v) is 8.96. The van der Waals surface area contributed by atoms with Gasteiger partial charge in [-0.25, -0.2) is 8.42 Å². The zero-order chi connectivity index (χ0) is 17.2. The highest BCUT2D eigenvalue weighted by Gasteiger charge is 2.21. The number of ether oxygens (including phenoxy) is 1. The van der Waals surface area contributed by atoms with E-state index in [-0.39, 0.29) is 11.5 Å². The minimum absolute atomic E-state index is 0.242. The molecule has 0 radical (unpaired) electrons. The molecular formula is C16H20BrN3O3S. The molecule has 1 aromatic carbocycles. The molecule has 0 N–H and O–H groups in total. The molecule has 1 aliphatic rings. The molecule has 6 nitrogen and oxygen atoms in total. The Labute approximate surface area is 150 Å². The van der Waals surface area contributed by atoms with Gasteiger partial charge < -0.3 is 4.74 Å². The molecule has 24 heavy (non-hydrogen) atoms. The lowest BCUT2D eigenvalue weighted by molar-refractivity contribution is 0.220. The molecule has 0 unspecified atom stereocenters. The number of hydrogen-bond acceptors (Lipinski definition) is 5. The average Bonchev–Trinajstić information content (AvgIpc) is 2.88. The number of benzene rings is 1. The predicted octanol–water partition coefficient (Wildman–Crippen LogP) is 1.96. The van der Waals surface area contributed by atoms with Crippen molar-refractivity contribution in [3.63, 3.8) is 0 Å². The van der Waals surface area contributed by atoms with Crippen LogP contribution in [-0.4, -0.2) is 60.8 Å². The van der Waals surface area contributed by atoms with E-state index in [4.69, 9.17) is 4.74 Å². The zero-order valence-corrected chi connectivity index (χ0v) is 15.9. The summed E-state index contributed by atoms with van der Waals surface area (Å²) >= 11 is 3.53. The van der Waals surface area contributed by atoms with Gasteiger partial charge in [-0.3, -0.25) is 9.58 Å². The first kappa shape index (κ1) is 17.4. The SMILES string of the molecule is Cn1ncc(Br)c1-c1ccccc1OCCN1CCS(=O)(=O)CC1. The van der Waals surface area contributed by atoms with Crippen molar-refractivity contribution in [1.29, 1.82) is 0 Å². The molecule has 1 saturated heterocycles. The Morgan fingerprint density at radius 1 is 1.25 bits per heavy atom. The van der Waals surface area contributed by atoms with E-state index < -0.39 is 9.84 Å². The minimum atomic E-state index is -2.84. The van der Waals surface area contributed by atoms with Gasteiger partial charge in [-0.15, -0.1) is 0 Å². The van der Waals surface area contributed by atoms with Crippen molar-refractivity contribution in [2.24, 2.45) is 7.05 Å². The maximum Gasteiger partial charge on any atom is 0.152 e. The number of hydrogen-bond donors (Lipinski definition) is 0. The molecule has 0 amide bonds. The van der Waals surface area contributed by atoms with E-state index >= 15 is 0 Å². The quantitative estimate of drug-likeness (QED) is 0.749. The summed E-state index contributed by atoms with van der Waals surface area (Å²) < 4.78 is 31.6. The van der Waals surface area contributed by atoms with Crippen molar-refractivity contribution in [3.8, 4) is 17.0 Å². The van der Waals surface area contributed by atoms with Gasteiger partial charge in [-0.2, -0.15) is 5.10 Å². The molecule has 1 aliphatic heterocycles. The molecular weight excluding hydrogens is 394 g/mol. The van der Waals surface area contributed by atoms with Crippen LogP contribution >= 0.6 is 15.9 Å². The largest absolute Gasteiger partial charge is 0.492 e. The minimum Gasteiger partial charge on any atom is -0.492 e. The van der Waals surface area contributed by atoms with Crippen LogP contribution in [0.1, 0.15) is 0 Å². The van der Waals surface area contributed by atoms with Crippen LogP contribution in [0, 0.1) is 0 Å². The van der Waals surface area contributed by atoms with Crippen LogP contribution in [-0.2, 0) is 16.9 Å². The smallest absolute Gasteiger partial charge is 0.152 e. The summed E-state index contributed by atoms with van der Waals surface area (Å²) in [7, 11) is -0.942. The van der Waals surface area contributed by atoms with Crippen LogP contribution in [0.4, 0.5) is 0 Å². The zero-order valence-electron chi connectivity index (χ0n) is 13.5. The van der Waals surface area contributed by atoms with E-state index in [0.29, 0.717) is 19.7 Å². The molecule has 1 aromatic heterocycles. The van der Waals surface area contributed by atoms with Crippen LogP contribution in [0.3, 0.4) is 0 Å². The van der Waals surface area contributed by atoms with Crippen molar-refractivity contribution < 1.29 is 13.2 Å². The second kappa shape index (κ2) is 7.25. The number of aromatic nitrogens is 2. The number of rotatable bonds is 5. The highest BCUT2D eigenvalue weighted by Crippen LogP contribution is 2.34. The van der Waals surface area contributed by atoms with Crippen molar-refractivity contribution >= 4 is 25.8 Å². The lowest BCUT2D eigenvalue weighted by atomic mass is 10.1. The monoisotopic (exact) mass is 413 g/mol. The normalized spacial score (nSPS) is 17.8. The molecule has 2 heterocycles. The highest BCUT2D eigenvalue weighted by atomic mass is 79.9. The fourth-order valence-electron chi connectivity index (χ4n) is 2.76. The van der Waals surface area contributed by atoms with E-state index in [0.717, 1.165) is 28.0 Å². The molecule has 3 rings (SSSR count). The average molecular weight is 414 g/mol. The molecule has 0 aliphatic carbocycles. The van der Waals surface area contributed by atoms with E-state index in [1.165, 1.54) is 0 Å². The number of nitrogens with zero attached hydrogens (tertiary/aromatic N) is 3. The van der Waals surface area contributed by atoms with Gasteiger partial charge in [0.15, 0.2) is 9.84 Å². The van der Waals surface area contributed by atoms with Crippen LogP contribution in [0.15, 0.2) is 34.9 Å². The summed E-state index contributed by atoms with van der Waals surface area (Å²) in [4.78, 5) is 2.13.